The summed E-state index contributed by atoms with van der Waals surface area (Å²) in [5.74, 6) is 1.35. The van der Waals surface area contributed by atoms with Crippen LogP contribution in [0.15, 0.2) is 0 Å². The third kappa shape index (κ3) is 3.35. The molecule has 0 bridgehead atoms. The van der Waals surface area contributed by atoms with Crippen molar-refractivity contribution in [3.8, 4) is 0 Å². The lowest BCUT2D eigenvalue weighted by molar-refractivity contribution is -0.120. The van der Waals surface area contributed by atoms with E-state index in [9.17, 15) is 4.79 Å². The Morgan fingerprint density at radius 2 is 2.58 bits per heavy atom. The maximum absolute atomic E-state index is 11.1. The van der Waals surface area contributed by atoms with E-state index in [1.165, 1.54) is 18.6 Å². The predicted octanol–water partition coefficient (Wildman–Crippen LogP) is 1.78. The van der Waals surface area contributed by atoms with Crippen molar-refractivity contribution in [2.75, 3.05) is 12.3 Å². The monoisotopic (exact) mass is 251 g/mol. The molecular formula is C8H14BrNOS. The first-order valence-electron chi connectivity index (χ1n) is 4.23. The number of halogens is 1. The first-order chi connectivity index (χ1) is 5.70. The molecule has 70 valence electrons. The van der Waals surface area contributed by atoms with Gasteiger partial charge in [-0.3, -0.25) is 4.79 Å². The zero-order valence-electron chi connectivity index (χ0n) is 7.18. The Labute approximate surface area is 86.0 Å². The van der Waals surface area contributed by atoms with E-state index in [0.717, 1.165) is 6.54 Å². The van der Waals surface area contributed by atoms with Crippen LogP contribution in [0.4, 0.5) is 0 Å². The normalized spacial score (nSPS) is 25.3. The van der Waals surface area contributed by atoms with E-state index in [1.807, 2.05) is 18.7 Å². The summed E-state index contributed by atoms with van der Waals surface area (Å²) in [5.41, 5.74) is 0. The van der Waals surface area contributed by atoms with Crippen molar-refractivity contribution in [3.63, 3.8) is 0 Å². The number of hydrogen-bond acceptors (Lipinski definition) is 2. The fraction of sp³-hybridized carbons (Fsp3) is 0.875. The van der Waals surface area contributed by atoms with Gasteiger partial charge in [0.05, 0.1) is 4.83 Å². The molecule has 1 saturated heterocycles. The third-order valence-corrected chi connectivity index (χ3v) is 3.70. The van der Waals surface area contributed by atoms with Gasteiger partial charge < -0.3 is 5.32 Å². The van der Waals surface area contributed by atoms with Crippen molar-refractivity contribution in [2.45, 2.75) is 29.8 Å². The zero-order chi connectivity index (χ0) is 8.97. The first-order valence-corrected chi connectivity index (χ1v) is 6.20. The van der Waals surface area contributed by atoms with Crippen molar-refractivity contribution in [1.82, 2.24) is 5.32 Å². The molecule has 1 fully saturated rings. The van der Waals surface area contributed by atoms with Gasteiger partial charge in [-0.1, -0.05) is 15.9 Å². The van der Waals surface area contributed by atoms with Gasteiger partial charge in [0, 0.05) is 11.8 Å². The molecule has 2 nitrogen and oxygen atoms in total. The molecule has 0 aromatic rings. The van der Waals surface area contributed by atoms with Crippen molar-refractivity contribution in [2.24, 2.45) is 0 Å². The number of nitrogens with one attached hydrogen (secondary N) is 1. The molecule has 12 heavy (non-hydrogen) atoms. The van der Waals surface area contributed by atoms with Crippen LogP contribution in [0.3, 0.4) is 0 Å². The van der Waals surface area contributed by atoms with Crippen molar-refractivity contribution in [1.29, 1.82) is 0 Å². The minimum absolute atomic E-state index is 0.0658. The smallest absolute Gasteiger partial charge is 0.233 e. The number of alkyl halides is 1. The highest BCUT2D eigenvalue weighted by Gasteiger charge is 2.17. The van der Waals surface area contributed by atoms with Gasteiger partial charge in [-0.05, 0) is 25.5 Å². The number of carbonyl (C=O) groups excluding carboxylic acids is 1. The minimum atomic E-state index is -0.0658. The van der Waals surface area contributed by atoms with Crippen LogP contribution in [-0.2, 0) is 4.79 Å². The molecule has 4 heteroatoms. The van der Waals surface area contributed by atoms with Gasteiger partial charge in [0.25, 0.3) is 0 Å². The molecule has 0 aromatic carbocycles. The molecule has 1 aliphatic rings. The zero-order valence-corrected chi connectivity index (χ0v) is 9.58. The lowest BCUT2D eigenvalue weighted by Crippen LogP contribution is -2.33. The van der Waals surface area contributed by atoms with Gasteiger partial charge in [0.2, 0.25) is 5.91 Å². The summed E-state index contributed by atoms with van der Waals surface area (Å²) in [6.07, 6.45) is 2.55. The van der Waals surface area contributed by atoms with Crippen LogP contribution in [-0.4, -0.2) is 28.3 Å². The van der Waals surface area contributed by atoms with Crippen molar-refractivity contribution >= 4 is 33.6 Å². The lowest BCUT2D eigenvalue weighted by atomic mass is 10.2. The summed E-state index contributed by atoms with van der Waals surface area (Å²) in [7, 11) is 0. The molecular weight excluding hydrogens is 238 g/mol. The van der Waals surface area contributed by atoms with E-state index >= 15 is 0 Å². The van der Waals surface area contributed by atoms with Crippen LogP contribution in [0.25, 0.3) is 0 Å². The Morgan fingerprint density at radius 1 is 1.83 bits per heavy atom. The van der Waals surface area contributed by atoms with Gasteiger partial charge in [0.1, 0.15) is 0 Å². The Bertz CT molecular complexity index is 157. The van der Waals surface area contributed by atoms with Crippen molar-refractivity contribution in [3.05, 3.63) is 0 Å². The van der Waals surface area contributed by atoms with Crippen LogP contribution in [0.2, 0.25) is 0 Å². The summed E-state index contributed by atoms with van der Waals surface area (Å²) in [4.78, 5) is 11.1. The second-order valence-electron chi connectivity index (χ2n) is 3.00. The van der Waals surface area contributed by atoms with E-state index < -0.39 is 0 Å². The number of amides is 1. The predicted molar refractivity (Wildman–Crippen MR) is 56.9 cm³/mol. The van der Waals surface area contributed by atoms with Crippen LogP contribution in [0.5, 0.6) is 0 Å². The van der Waals surface area contributed by atoms with Crippen LogP contribution >= 0.6 is 27.7 Å². The van der Waals surface area contributed by atoms with E-state index in [4.69, 9.17) is 0 Å². The molecule has 2 unspecified atom stereocenters. The lowest BCUT2D eigenvalue weighted by Gasteiger charge is -2.10. The van der Waals surface area contributed by atoms with E-state index in [-0.39, 0.29) is 10.7 Å². The second kappa shape index (κ2) is 5.12. The molecule has 1 rings (SSSR count). The molecule has 0 aromatic heterocycles. The average Bonchev–Trinajstić information content (AvgIpc) is 2.51. The molecule has 1 amide bonds. The number of carbonyl (C=O) groups is 1. The molecule has 1 N–H and O–H groups in total. The topological polar surface area (TPSA) is 29.1 Å². The molecule has 0 aliphatic carbocycles. The van der Waals surface area contributed by atoms with Gasteiger partial charge in [-0.15, -0.1) is 0 Å². The SMILES string of the molecule is CC(Br)C(=O)NCC1CCCS1. The highest BCUT2D eigenvalue weighted by molar-refractivity contribution is 9.10. The van der Waals surface area contributed by atoms with E-state index in [2.05, 4.69) is 21.2 Å². The highest BCUT2D eigenvalue weighted by Crippen LogP contribution is 2.25. The molecule has 0 saturated carbocycles. The fourth-order valence-electron chi connectivity index (χ4n) is 1.16. The Morgan fingerprint density at radius 3 is 3.08 bits per heavy atom. The number of thioether (sulfide) groups is 1. The summed E-state index contributed by atoms with van der Waals surface area (Å²) < 4.78 is 0. The second-order valence-corrected chi connectivity index (χ2v) is 5.78. The summed E-state index contributed by atoms with van der Waals surface area (Å²) >= 11 is 5.20. The third-order valence-electron chi connectivity index (χ3n) is 1.89. The maximum atomic E-state index is 11.1. The summed E-state index contributed by atoms with van der Waals surface area (Å²) in [6, 6.07) is 0. The Hall–Kier alpha value is 0.300. The van der Waals surface area contributed by atoms with Gasteiger partial charge in [0.15, 0.2) is 0 Å². The van der Waals surface area contributed by atoms with Crippen LogP contribution in [0, 0.1) is 0 Å². The first kappa shape index (κ1) is 10.4. The molecule has 0 spiro atoms. The van der Waals surface area contributed by atoms with Gasteiger partial charge >= 0.3 is 0 Å². The molecule has 1 aliphatic heterocycles. The maximum Gasteiger partial charge on any atom is 0.233 e. The Kier molecular flexibility index (Phi) is 4.43. The number of rotatable bonds is 3. The molecule has 0 radical (unpaired) electrons. The van der Waals surface area contributed by atoms with Crippen LogP contribution in [0.1, 0.15) is 19.8 Å². The highest BCUT2D eigenvalue weighted by atomic mass is 79.9. The molecule has 1 heterocycles. The fourth-order valence-corrected chi connectivity index (χ4v) is 2.52. The molecule has 2 atom stereocenters. The van der Waals surface area contributed by atoms with Crippen LogP contribution < -0.4 is 5.32 Å². The summed E-state index contributed by atoms with van der Waals surface area (Å²) in [6.45, 7) is 2.68. The largest absolute Gasteiger partial charge is 0.354 e. The summed E-state index contributed by atoms with van der Waals surface area (Å²) in [5, 5.41) is 3.57. The number of hydrogen-bond donors (Lipinski definition) is 1. The quantitative estimate of drug-likeness (QED) is 0.776. The van der Waals surface area contributed by atoms with E-state index in [1.54, 1.807) is 0 Å². The van der Waals surface area contributed by atoms with Gasteiger partial charge in [-0.25, -0.2) is 0 Å². The van der Waals surface area contributed by atoms with Gasteiger partial charge in [-0.2, -0.15) is 11.8 Å². The minimum Gasteiger partial charge on any atom is -0.354 e. The van der Waals surface area contributed by atoms with Crippen molar-refractivity contribution < 1.29 is 4.79 Å². The van der Waals surface area contributed by atoms with E-state index in [0.29, 0.717) is 5.25 Å². The average molecular weight is 252 g/mol. The standard InChI is InChI=1S/C8H14BrNOS/c1-6(9)8(11)10-5-7-3-2-4-12-7/h6-7H,2-5H2,1H3,(H,10,11). The Balaban J connectivity index is 2.12.